The summed E-state index contributed by atoms with van der Waals surface area (Å²) in [5.74, 6) is 0.810. The molecule has 5 heterocycles. The van der Waals surface area contributed by atoms with E-state index in [-0.39, 0.29) is 0 Å². The van der Waals surface area contributed by atoms with Gasteiger partial charge < -0.3 is 24.3 Å². The van der Waals surface area contributed by atoms with Gasteiger partial charge in [-0.25, -0.2) is 8.42 Å². The fraction of sp³-hybridized carbons (Fsp3) is 0.471. The first kappa shape index (κ1) is 31.3. The Hall–Kier alpha value is -3.29. The number of hydrogen-bond donors (Lipinski definition) is 0. The second kappa shape index (κ2) is 13.4. The van der Waals surface area contributed by atoms with Crippen molar-refractivity contribution in [2.45, 2.75) is 30.2 Å². The van der Waals surface area contributed by atoms with Crippen molar-refractivity contribution < 1.29 is 13.2 Å². The van der Waals surface area contributed by atoms with Crippen LogP contribution >= 0.6 is 11.3 Å². The van der Waals surface area contributed by atoms with E-state index in [2.05, 4.69) is 64.0 Å². The Balaban J connectivity index is 1.15. The molecule has 4 aromatic rings. The summed E-state index contributed by atoms with van der Waals surface area (Å²) >= 11 is 1.65. The number of rotatable bonds is 8. The van der Waals surface area contributed by atoms with Crippen molar-refractivity contribution in [1.29, 1.82) is 0 Å². The van der Waals surface area contributed by atoms with Crippen molar-refractivity contribution in [3.8, 4) is 16.5 Å². The van der Waals surface area contributed by atoms with E-state index in [4.69, 9.17) is 14.7 Å². The minimum absolute atomic E-state index is 0.331. The largest absolute Gasteiger partial charge is 0.462 e. The van der Waals surface area contributed by atoms with Gasteiger partial charge in [0.2, 0.25) is 10.0 Å². The number of anilines is 2. The van der Waals surface area contributed by atoms with E-state index >= 15 is 0 Å². The number of ether oxygens (including phenoxy) is 1. The molecule has 3 aliphatic heterocycles. The molecule has 0 saturated carbocycles. The van der Waals surface area contributed by atoms with Crippen LogP contribution in [0.2, 0.25) is 0 Å². The molecular weight excluding hydrogens is 619 g/mol. The minimum atomic E-state index is -3.55. The average molecular weight is 662 g/mol. The minimum Gasteiger partial charge on any atom is -0.462 e. The van der Waals surface area contributed by atoms with E-state index < -0.39 is 10.0 Å². The van der Waals surface area contributed by atoms with Crippen molar-refractivity contribution >= 4 is 43.1 Å². The highest BCUT2D eigenvalue weighted by atomic mass is 32.2. The molecule has 2 aromatic carbocycles. The number of sulfonamides is 1. The third kappa shape index (κ3) is 6.59. The molecule has 0 radical (unpaired) electrons. The number of likely N-dealkylation sites (tertiary alicyclic amines) is 1. The van der Waals surface area contributed by atoms with Crippen LogP contribution in [0.4, 0.5) is 11.5 Å². The monoisotopic (exact) mass is 661 g/mol. The molecule has 3 saturated heterocycles. The molecule has 1 unspecified atom stereocenters. The molecular formula is C34H43N7O3S2. The fourth-order valence-corrected chi connectivity index (χ4v) is 9.11. The van der Waals surface area contributed by atoms with Crippen molar-refractivity contribution in [3.05, 3.63) is 60.7 Å². The lowest BCUT2D eigenvalue weighted by Crippen LogP contribution is -2.49. The third-order valence-corrected chi connectivity index (χ3v) is 12.6. The smallest absolute Gasteiger partial charge is 0.319 e. The van der Waals surface area contributed by atoms with Gasteiger partial charge in [-0.1, -0.05) is 36.8 Å². The van der Waals surface area contributed by atoms with Crippen LogP contribution in [0.15, 0.2) is 65.6 Å². The molecule has 0 spiro atoms. The Labute approximate surface area is 276 Å². The number of nitrogens with zero attached hydrogens (tertiary/aromatic N) is 7. The van der Waals surface area contributed by atoms with Gasteiger partial charge in [-0.15, -0.1) is 11.3 Å². The van der Waals surface area contributed by atoms with Crippen LogP contribution in [0.25, 0.3) is 20.7 Å². The SMILES string of the molecule is CN1CCN(c2ccc(-c3cc4c(N5CCN(S(=O)(=O)c6ccccc6)CC5)nc(OCC5CCCCN5C)nc4s3)cc2)CC1. The summed E-state index contributed by atoms with van der Waals surface area (Å²) in [6.07, 6.45) is 3.54. The number of hydrogen-bond acceptors (Lipinski definition) is 10. The predicted molar refractivity (Wildman–Crippen MR) is 186 cm³/mol. The lowest BCUT2D eigenvalue weighted by Gasteiger charge is -2.35. The summed E-state index contributed by atoms with van der Waals surface area (Å²) in [5, 5.41) is 0.977. The van der Waals surface area contributed by atoms with Gasteiger partial charge in [0.1, 0.15) is 17.3 Å². The fourth-order valence-electron chi connectivity index (χ4n) is 6.64. The van der Waals surface area contributed by atoms with Crippen LogP contribution in [0.5, 0.6) is 6.01 Å². The first-order valence-electron chi connectivity index (χ1n) is 16.3. The molecule has 0 amide bonds. The Morgan fingerprint density at radius 3 is 2.26 bits per heavy atom. The quantitative estimate of drug-likeness (QED) is 0.271. The molecule has 3 fully saturated rings. The summed E-state index contributed by atoms with van der Waals surface area (Å²) in [6.45, 7) is 7.71. The van der Waals surface area contributed by atoms with Gasteiger partial charge in [0.25, 0.3) is 0 Å². The number of piperidine rings is 1. The van der Waals surface area contributed by atoms with Crippen LogP contribution in [0.1, 0.15) is 19.3 Å². The summed E-state index contributed by atoms with van der Waals surface area (Å²) in [5.41, 5.74) is 2.40. The molecule has 3 aliphatic rings. The van der Waals surface area contributed by atoms with Gasteiger partial charge in [0.15, 0.2) is 0 Å². The van der Waals surface area contributed by atoms with Gasteiger partial charge >= 0.3 is 6.01 Å². The first-order valence-corrected chi connectivity index (χ1v) is 18.6. The average Bonchev–Trinajstić information content (AvgIpc) is 3.53. The van der Waals surface area contributed by atoms with E-state index in [1.807, 2.05) is 6.07 Å². The topological polar surface area (TPSA) is 85.3 Å². The highest BCUT2D eigenvalue weighted by Gasteiger charge is 2.30. The third-order valence-electron chi connectivity index (χ3n) is 9.62. The van der Waals surface area contributed by atoms with Crippen LogP contribution in [0.3, 0.4) is 0 Å². The van der Waals surface area contributed by atoms with Crippen LogP contribution in [-0.4, -0.2) is 118 Å². The highest BCUT2D eigenvalue weighted by molar-refractivity contribution is 7.89. The molecule has 244 valence electrons. The van der Waals surface area contributed by atoms with E-state index in [0.29, 0.717) is 49.7 Å². The highest BCUT2D eigenvalue weighted by Crippen LogP contribution is 2.39. The first-order chi connectivity index (χ1) is 22.3. The summed E-state index contributed by atoms with van der Waals surface area (Å²) in [4.78, 5) is 21.6. The van der Waals surface area contributed by atoms with Gasteiger partial charge in [-0.05, 0) is 69.4 Å². The van der Waals surface area contributed by atoms with E-state index in [1.54, 1.807) is 39.9 Å². The molecule has 46 heavy (non-hydrogen) atoms. The zero-order valence-corrected chi connectivity index (χ0v) is 28.3. The van der Waals surface area contributed by atoms with E-state index in [0.717, 1.165) is 65.6 Å². The predicted octanol–water partition coefficient (Wildman–Crippen LogP) is 4.48. The molecule has 2 aromatic heterocycles. The maximum absolute atomic E-state index is 13.3. The number of fused-ring (bicyclic) bond motifs is 1. The molecule has 10 nitrogen and oxygen atoms in total. The zero-order chi connectivity index (χ0) is 31.7. The molecule has 7 rings (SSSR count). The van der Waals surface area contributed by atoms with Crippen molar-refractivity contribution in [2.24, 2.45) is 0 Å². The molecule has 0 N–H and O–H groups in total. The normalized spacial score (nSPS) is 20.8. The standard InChI is InChI=1S/C34H43N7O3S2/c1-37-16-18-39(19-17-37)27-13-11-26(12-14-27)31-24-30-32(35-34(36-33(30)45-31)44-25-28-8-6-7-15-38(28)2)40-20-22-41(23-21-40)46(42,43)29-9-4-3-5-10-29/h3-5,9-14,24,28H,6-8,15-23,25H2,1-2H3. The maximum atomic E-state index is 13.3. The lowest BCUT2D eigenvalue weighted by atomic mass is 10.0. The summed E-state index contributed by atoms with van der Waals surface area (Å²) in [7, 11) is 0.786. The van der Waals surface area contributed by atoms with Gasteiger partial charge in [-0.2, -0.15) is 14.3 Å². The number of piperazine rings is 2. The molecule has 12 heteroatoms. The lowest BCUT2D eigenvalue weighted by molar-refractivity contribution is 0.120. The summed E-state index contributed by atoms with van der Waals surface area (Å²) in [6, 6.07) is 20.5. The molecule has 0 aliphatic carbocycles. The number of aromatic nitrogens is 2. The second-order valence-corrected chi connectivity index (χ2v) is 15.6. The Morgan fingerprint density at radius 1 is 0.826 bits per heavy atom. The van der Waals surface area contributed by atoms with Gasteiger partial charge in [0, 0.05) is 69.0 Å². The van der Waals surface area contributed by atoms with Gasteiger partial charge in [0.05, 0.1) is 10.3 Å². The number of benzene rings is 2. The van der Waals surface area contributed by atoms with Crippen molar-refractivity contribution in [2.75, 3.05) is 89.4 Å². The second-order valence-electron chi connectivity index (χ2n) is 12.6. The molecule has 0 bridgehead atoms. The van der Waals surface area contributed by atoms with E-state index in [9.17, 15) is 8.42 Å². The number of likely N-dealkylation sites (N-methyl/N-ethyl adjacent to an activating group) is 2. The summed E-state index contributed by atoms with van der Waals surface area (Å²) < 4.78 is 34.5. The van der Waals surface area contributed by atoms with E-state index in [1.165, 1.54) is 18.5 Å². The van der Waals surface area contributed by atoms with Crippen molar-refractivity contribution in [1.82, 2.24) is 24.1 Å². The molecule has 1 atom stereocenters. The van der Waals surface area contributed by atoms with Crippen LogP contribution in [0, 0.1) is 0 Å². The van der Waals surface area contributed by atoms with Crippen molar-refractivity contribution in [3.63, 3.8) is 0 Å². The zero-order valence-electron chi connectivity index (χ0n) is 26.7. The Bertz CT molecular complexity index is 1730. The van der Waals surface area contributed by atoms with Crippen LogP contribution in [-0.2, 0) is 10.0 Å². The maximum Gasteiger partial charge on any atom is 0.319 e. The number of thiophene rings is 1. The van der Waals surface area contributed by atoms with Gasteiger partial charge in [-0.3, -0.25) is 0 Å². The Morgan fingerprint density at radius 2 is 1.54 bits per heavy atom. The Kier molecular flexibility index (Phi) is 9.15. The van der Waals surface area contributed by atoms with Crippen LogP contribution < -0.4 is 14.5 Å².